The maximum atomic E-state index is 13.1. The molecule has 1 atom stereocenters. The molecule has 0 spiro atoms. The van der Waals surface area contributed by atoms with E-state index in [1.165, 1.54) is 7.11 Å². The van der Waals surface area contributed by atoms with Crippen LogP contribution in [0.25, 0.3) is 0 Å². The maximum Gasteiger partial charge on any atom is 0.344 e. The molecular weight excluding hydrogens is 376 g/mol. The second-order valence-electron chi connectivity index (χ2n) is 6.75. The Kier molecular flexibility index (Phi) is 5.15. The molecule has 1 aliphatic heterocycles. The molecule has 1 aromatic heterocycles. The molecule has 29 heavy (non-hydrogen) atoms. The Labute approximate surface area is 167 Å². The van der Waals surface area contributed by atoms with E-state index in [0.29, 0.717) is 28.3 Å². The summed E-state index contributed by atoms with van der Waals surface area (Å²) in [5, 5.41) is 3.36. The van der Waals surface area contributed by atoms with Crippen LogP contribution in [0.3, 0.4) is 0 Å². The molecule has 2 heterocycles. The van der Waals surface area contributed by atoms with Crippen molar-refractivity contribution < 1.29 is 23.9 Å². The molecule has 2 aromatic rings. The SMILES string of the molecule is CC[C@@]1(c2ccccc2)NC(=O)N(NC(=O)c2[nH]c(C)c(C(=O)OC)c2C)C1=O. The number of aromatic nitrogens is 1. The van der Waals surface area contributed by atoms with Crippen molar-refractivity contribution in [2.75, 3.05) is 7.11 Å². The van der Waals surface area contributed by atoms with Crippen molar-refractivity contribution in [1.82, 2.24) is 20.7 Å². The summed E-state index contributed by atoms with van der Waals surface area (Å²) in [7, 11) is 1.25. The van der Waals surface area contributed by atoms with Gasteiger partial charge in [0.2, 0.25) is 0 Å². The Morgan fingerprint density at radius 3 is 2.41 bits per heavy atom. The zero-order chi connectivity index (χ0) is 21.3. The second kappa shape index (κ2) is 7.42. The molecule has 3 rings (SSSR count). The zero-order valence-corrected chi connectivity index (χ0v) is 16.6. The van der Waals surface area contributed by atoms with Gasteiger partial charge in [0.05, 0.1) is 12.7 Å². The van der Waals surface area contributed by atoms with Crippen molar-refractivity contribution in [3.8, 4) is 0 Å². The Morgan fingerprint density at radius 1 is 1.17 bits per heavy atom. The van der Waals surface area contributed by atoms with E-state index in [9.17, 15) is 19.2 Å². The largest absolute Gasteiger partial charge is 0.465 e. The van der Waals surface area contributed by atoms with Gasteiger partial charge >= 0.3 is 12.0 Å². The second-order valence-corrected chi connectivity index (χ2v) is 6.75. The monoisotopic (exact) mass is 398 g/mol. The molecule has 152 valence electrons. The van der Waals surface area contributed by atoms with Crippen LogP contribution in [0.15, 0.2) is 30.3 Å². The first-order valence-corrected chi connectivity index (χ1v) is 9.07. The standard InChI is InChI=1S/C20H22N4O5/c1-5-20(13-9-7-6-8-10-13)18(27)24(19(28)22-20)23-16(25)15-11(2)14(12(3)21-15)17(26)29-4/h6-10,21H,5H2,1-4H3,(H,22,28)(H,23,25)/t20-/m0/s1. The molecule has 1 aromatic carbocycles. The maximum absolute atomic E-state index is 13.1. The van der Waals surface area contributed by atoms with E-state index in [0.717, 1.165) is 0 Å². The highest BCUT2D eigenvalue weighted by atomic mass is 16.5. The summed E-state index contributed by atoms with van der Waals surface area (Å²) in [6, 6.07) is 8.10. The first kappa shape index (κ1) is 20.1. The smallest absolute Gasteiger partial charge is 0.344 e. The first-order chi connectivity index (χ1) is 13.8. The molecule has 1 fully saturated rings. The lowest BCUT2D eigenvalue weighted by molar-refractivity contribution is -0.133. The van der Waals surface area contributed by atoms with Crippen molar-refractivity contribution in [2.45, 2.75) is 32.7 Å². The minimum absolute atomic E-state index is 0.0669. The Bertz CT molecular complexity index is 998. The minimum Gasteiger partial charge on any atom is -0.465 e. The molecule has 0 radical (unpaired) electrons. The van der Waals surface area contributed by atoms with Crippen LogP contribution in [-0.2, 0) is 15.1 Å². The van der Waals surface area contributed by atoms with E-state index < -0.39 is 29.4 Å². The predicted octanol–water partition coefficient (Wildman–Crippen LogP) is 1.92. The third kappa shape index (κ3) is 3.14. The Morgan fingerprint density at radius 2 is 1.83 bits per heavy atom. The van der Waals surface area contributed by atoms with Crippen molar-refractivity contribution in [3.63, 3.8) is 0 Å². The van der Waals surface area contributed by atoms with Gasteiger partial charge in [0.25, 0.3) is 11.8 Å². The normalized spacial score (nSPS) is 18.6. The van der Waals surface area contributed by atoms with E-state index in [-0.39, 0.29) is 11.3 Å². The molecule has 9 nitrogen and oxygen atoms in total. The lowest BCUT2D eigenvalue weighted by atomic mass is 9.87. The number of carbonyl (C=O) groups excluding carboxylic acids is 4. The van der Waals surface area contributed by atoms with E-state index in [1.54, 1.807) is 45.0 Å². The average molecular weight is 398 g/mol. The van der Waals surface area contributed by atoms with Crippen LogP contribution in [-0.4, -0.2) is 40.9 Å². The highest BCUT2D eigenvalue weighted by Gasteiger charge is 2.52. The van der Waals surface area contributed by atoms with Gasteiger partial charge < -0.3 is 15.0 Å². The van der Waals surface area contributed by atoms with Crippen LogP contribution in [0.2, 0.25) is 0 Å². The minimum atomic E-state index is -1.26. The lowest BCUT2D eigenvalue weighted by Crippen LogP contribution is -2.48. The number of methoxy groups -OCH3 is 1. The molecule has 0 aliphatic carbocycles. The summed E-state index contributed by atoms with van der Waals surface area (Å²) >= 11 is 0. The van der Waals surface area contributed by atoms with Crippen molar-refractivity contribution in [1.29, 1.82) is 0 Å². The fourth-order valence-corrected chi connectivity index (χ4v) is 3.58. The molecular formula is C20H22N4O5. The van der Waals surface area contributed by atoms with Crippen LogP contribution in [0, 0.1) is 13.8 Å². The number of H-pyrrole nitrogens is 1. The number of carbonyl (C=O) groups is 4. The number of urea groups is 1. The van der Waals surface area contributed by atoms with E-state index >= 15 is 0 Å². The van der Waals surface area contributed by atoms with Gasteiger partial charge in [-0.15, -0.1) is 0 Å². The number of esters is 1. The number of imide groups is 1. The molecule has 1 aliphatic rings. The van der Waals surface area contributed by atoms with Gasteiger partial charge in [-0.2, -0.15) is 5.01 Å². The van der Waals surface area contributed by atoms with Crippen LogP contribution >= 0.6 is 0 Å². The molecule has 4 amide bonds. The average Bonchev–Trinajstić information content (AvgIpc) is 3.16. The van der Waals surface area contributed by atoms with Gasteiger partial charge in [-0.25, -0.2) is 9.59 Å². The van der Waals surface area contributed by atoms with Gasteiger partial charge in [-0.05, 0) is 31.4 Å². The van der Waals surface area contributed by atoms with Crippen molar-refractivity contribution in [3.05, 3.63) is 58.4 Å². The van der Waals surface area contributed by atoms with Gasteiger partial charge in [0.15, 0.2) is 0 Å². The van der Waals surface area contributed by atoms with E-state index in [4.69, 9.17) is 4.74 Å². The van der Waals surface area contributed by atoms with Gasteiger partial charge in [0, 0.05) is 5.69 Å². The van der Waals surface area contributed by atoms with Crippen LogP contribution in [0.4, 0.5) is 4.79 Å². The van der Waals surface area contributed by atoms with Crippen molar-refractivity contribution >= 4 is 23.8 Å². The van der Waals surface area contributed by atoms with Crippen LogP contribution < -0.4 is 10.7 Å². The van der Waals surface area contributed by atoms with Gasteiger partial charge in [-0.3, -0.25) is 15.0 Å². The van der Waals surface area contributed by atoms with Gasteiger partial charge in [0.1, 0.15) is 11.2 Å². The van der Waals surface area contributed by atoms with Crippen LogP contribution in [0.5, 0.6) is 0 Å². The Hall–Kier alpha value is -3.62. The molecule has 3 N–H and O–H groups in total. The Balaban J connectivity index is 1.90. The molecule has 0 saturated carbocycles. The molecule has 1 saturated heterocycles. The van der Waals surface area contributed by atoms with E-state index in [2.05, 4.69) is 15.7 Å². The molecule has 0 bridgehead atoms. The van der Waals surface area contributed by atoms with Gasteiger partial charge in [-0.1, -0.05) is 37.3 Å². The zero-order valence-electron chi connectivity index (χ0n) is 16.6. The number of hydrogen-bond acceptors (Lipinski definition) is 5. The number of benzene rings is 1. The number of nitrogens with zero attached hydrogens (tertiary/aromatic N) is 1. The summed E-state index contributed by atoms with van der Waals surface area (Å²) in [6.07, 6.45) is 0.307. The topological polar surface area (TPSA) is 121 Å². The van der Waals surface area contributed by atoms with Crippen LogP contribution in [0.1, 0.15) is 51.0 Å². The number of hydrogen-bond donors (Lipinski definition) is 3. The van der Waals surface area contributed by atoms with E-state index in [1.807, 2.05) is 6.07 Å². The van der Waals surface area contributed by atoms with Crippen molar-refractivity contribution in [2.24, 2.45) is 0 Å². The number of rotatable bonds is 5. The highest BCUT2D eigenvalue weighted by molar-refractivity contribution is 6.10. The summed E-state index contributed by atoms with van der Waals surface area (Å²) < 4.78 is 4.73. The summed E-state index contributed by atoms with van der Waals surface area (Å²) in [4.78, 5) is 53.1. The summed E-state index contributed by atoms with van der Waals surface area (Å²) in [6.45, 7) is 4.98. The number of aryl methyl sites for hydroxylation is 1. The summed E-state index contributed by atoms with van der Waals surface area (Å²) in [5.74, 6) is -1.89. The fourth-order valence-electron chi connectivity index (χ4n) is 3.58. The lowest BCUT2D eigenvalue weighted by Gasteiger charge is -2.25. The number of aromatic amines is 1. The fraction of sp³-hybridized carbons (Fsp3) is 0.300. The number of nitrogens with one attached hydrogen (secondary N) is 3. The number of hydrazine groups is 1. The summed E-state index contributed by atoms with van der Waals surface area (Å²) in [5.41, 5.74) is 2.82. The number of amides is 4. The first-order valence-electron chi connectivity index (χ1n) is 9.07. The third-order valence-corrected chi connectivity index (χ3v) is 5.16. The quantitative estimate of drug-likeness (QED) is 0.525. The molecule has 0 unspecified atom stereocenters. The predicted molar refractivity (Wildman–Crippen MR) is 103 cm³/mol. The number of ether oxygens (including phenoxy) is 1. The third-order valence-electron chi connectivity index (χ3n) is 5.16. The molecule has 9 heteroatoms. The highest BCUT2D eigenvalue weighted by Crippen LogP contribution is 2.31.